The normalized spacial score (nSPS) is 23.7. The molecule has 1 heterocycles. The highest BCUT2D eigenvalue weighted by molar-refractivity contribution is 6.25. The van der Waals surface area contributed by atoms with Crippen molar-refractivity contribution in [1.29, 1.82) is 0 Å². The van der Waals surface area contributed by atoms with Crippen molar-refractivity contribution in [3.63, 3.8) is 0 Å². The van der Waals surface area contributed by atoms with E-state index in [2.05, 4.69) is 24.1 Å². The van der Waals surface area contributed by atoms with Crippen LogP contribution in [0.2, 0.25) is 0 Å². The summed E-state index contributed by atoms with van der Waals surface area (Å²) in [4.78, 5) is 2.44. The van der Waals surface area contributed by atoms with Crippen molar-refractivity contribution in [1.82, 2.24) is 10.2 Å². The third kappa shape index (κ3) is 4.83. The zero-order chi connectivity index (χ0) is 11.8. The molecule has 0 aromatic carbocycles. The summed E-state index contributed by atoms with van der Waals surface area (Å²) in [5, 5.41) is 3.45. The summed E-state index contributed by atoms with van der Waals surface area (Å²) in [5.74, 6) is 0. The molecule has 0 aliphatic carbocycles. The molecule has 0 saturated carbocycles. The van der Waals surface area contributed by atoms with Crippen LogP contribution in [0.4, 0.5) is 0 Å². The fourth-order valence-electron chi connectivity index (χ4n) is 1.89. The lowest BCUT2D eigenvalue weighted by molar-refractivity contribution is -0.00210. The van der Waals surface area contributed by atoms with E-state index >= 15 is 0 Å². The predicted octanol–water partition coefficient (Wildman–Crippen LogP) is 1.83. The number of nitrogens with zero attached hydrogens (tertiary/aromatic N) is 1. The van der Waals surface area contributed by atoms with Gasteiger partial charge in [0.15, 0.2) is 0 Å². The maximum atomic E-state index is 5.71. The Balaban J connectivity index is 2.37. The number of nitrogens with one attached hydrogen (secondary N) is 1. The molecule has 1 fully saturated rings. The monoisotopic (exact) mass is 246 g/mol. The molecule has 1 saturated heterocycles. The number of hydrogen-bond donors (Lipinski definition) is 1. The Labute approximate surface area is 104 Å². The lowest BCUT2D eigenvalue weighted by atomic mass is 10.2. The van der Waals surface area contributed by atoms with Gasteiger partial charge in [-0.1, -0.05) is 18.5 Å². The van der Waals surface area contributed by atoms with Gasteiger partial charge in [0.05, 0.1) is 13.2 Å². The number of halogens is 1. The number of morpholine rings is 1. The lowest BCUT2D eigenvalue weighted by Gasteiger charge is -2.35. The van der Waals surface area contributed by atoms with Crippen LogP contribution in [-0.4, -0.2) is 50.3 Å². The van der Waals surface area contributed by atoms with Gasteiger partial charge in [-0.05, 0) is 25.5 Å². The van der Waals surface area contributed by atoms with Crippen LogP contribution in [0.3, 0.4) is 0 Å². The van der Waals surface area contributed by atoms with Gasteiger partial charge in [-0.25, -0.2) is 0 Å². The van der Waals surface area contributed by atoms with E-state index < -0.39 is 0 Å². The number of rotatable bonds is 6. The van der Waals surface area contributed by atoms with Gasteiger partial charge >= 0.3 is 0 Å². The summed E-state index contributed by atoms with van der Waals surface area (Å²) < 4.78 is 5.52. The molecular formula is C12H23ClN2O. The highest BCUT2D eigenvalue weighted by Gasteiger charge is 2.22. The molecule has 1 N–H and O–H groups in total. The van der Waals surface area contributed by atoms with Gasteiger partial charge in [-0.2, -0.15) is 0 Å². The van der Waals surface area contributed by atoms with Gasteiger partial charge in [0, 0.05) is 31.2 Å². The van der Waals surface area contributed by atoms with Crippen molar-refractivity contribution in [2.45, 2.75) is 26.3 Å². The quantitative estimate of drug-likeness (QED) is 0.724. The fourth-order valence-corrected chi connectivity index (χ4v) is 1.95. The zero-order valence-electron chi connectivity index (χ0n) is 10.3. The Hall–Kier alpha value is -0.0900. The fraction of sp³-hybridized carbons (Fsp3) is 0.833. The van der Waals surface area contributed by atoms with Crippen LogP contribution in [0.25, 0.3) is 0 Å². The second kappa shape index (κ2) is 8.07. The molecule has 1 aliphatic heterocycles. The second-order valence-corrected chi connectivity index (χ2v) is 4.58. The molecule has 0 amide bonds. The van der Waals surface area contributed by atoms with Crippen LogP contribution >= 0.6 is 11.6 Å². The van der Waals surface area contributed by atoms with E-state index in [0.717, 1.165) is 39.4 Å². The summed E-state index contributed by atoms with van der Waals surface area (Å²) >= 11 is 5.71. The van der Waals surface area contributed by atoms with Gasteiger partial charge < -0.3 is 10.1 Å². The average Bonchev–Trinajstić information content (AvgIpc) is 2.31. The first kappa shape index (κ1) is 14.0. The molecular weight excluding hydrogens is 224 g/mol. The smallest absolute Gasteiger partial charge is 0.0635 e. The van der Waals surface area contributed by atoms with Crippen molar-refractivity contribution in [3.05, 3.63) is 11.1 Å². The molecule has 1 rings (SSSR count). The van der Waals surface area contributed by atoms with Crippen LogP contribution in [0.5, 0.6) is 0 Å². The van der Waals surface area contributed by atoms with Crippen molar-refractivity contribution >= 4 is 11.6 Å². The lowest BCUT2D eigenvalue weighted by Crippen LogP contribution is -2.50. The molecule has 1 atom stereocenters. The highest BCUT2D eigenvalue weighted by atomic mass is 35.5. The molecule has 0 spiro atoms. The summed E-state index contributed by atoms with van der Waals surface area (Å²) in [5.41, 5.74) is 2.88. The molecule has 4 heteroatoms. The van der Waals surface area contributed by atoms with E-state index in [9.17, 15) is 0 Å². The van der Waals surface area contributed by atoms with E-state index in [-0.39, 0.29) is 0 Å². The summed E-state index contributed by atoms with van der Waals surface area (Å²) in [6.07, 6.45) is 1.17. The highest BCUT2D eigenvalue weighted by Crippen LogP contribution is 2.09. The minimum absolute atomic E-state index is 0.479. The second-order valence-electron chi connectivity index (χ2n) is 4.36. The van der Waals surface area contributed by atoms with Gasteiger partial charge in [0.25, 0.3) is 0 Å². The van der Waals surface area contributed by atoms with Crippen LogP contribution in [-0.2, 0) is 4.74 Å². The Morgan fingerprint density at radius 3 is 3.12 bits per heavy atom. The third-order valence-electron chi connectivity index (χ3n) is 2.79. The van der Waals surface area contributed by atoms with E-state index in [1.807, 2.05) is 0 Å². The Morgan fingerprint density at radius 1 is 1.62 bits per heavy atom. The predicted molar refractivity (Wildman–Crippen MR) is 69.0 cm³/mol. The van der Waals surface area contributed by atoms with Crippen molar-refractivity contribution < 1.29 is 4.74 Å². The van der Waals surface area contributed by atoms with Gasteiger partial charge in [0.2, 0.25) is 0 Å². The first-order valence-corrected chi connectivity index (χ1v) is 6.50. The van der Waals surface area contributed by atoms with E-state index in [4.69, 9.17) is 16.3 Å². The van der Waals surface area contributed by atoms with Crippen molar-refractivity contribution in [2.75, 3.05) is 39.4 Å². The SMILES string of the molecule is CCCNCC1COCCN1CC(C)=CCl. The van der Waals surface area contributed by atoms with Gasteiger partial charge in [0.1, 0.15) is 0 Å². The summed E-state index contributed by atoms with van der Waals surface area (Å²) in [7, 11) is 0. The van der Waals surface area contributed by atoms with Crippen LogP contribution in [0, 0.1) is 0 Å². The molecule has 1 aliphatic rings. The third-order valence-corrected chi connectivity index (χ3v) is 3.17. The van der Waals surface area contributed by atoms with E-state index in [1.165, 1.54) is 12.0 Å². The zero-order valence-corrected chi connectivity index (χ0v) is 11.1. The van der Waals surface area contributed by atoms with Gasteiger partial charge in [-0.3, -0.25) is 4.90 Å². The molecule has 0 radical (unpaired) electrons. The molecule has 3 nitrogen and oxygen atoms in total. The molecule has 0 aromatic heterocycles. The van der Waals surface area contributed by atoms with Crippen molar-refractivity contribution in [3.8, 4) is 0 Å². The van der Waals surface area contributed by atoms with Crippen LogP contribution in [0.15, 0.2) is 11.1 Å². The molecule has 1 unspecified atom stereocenters. The number of hydrogen-bond acceptors (Lipinski definition) is 3. The first-order chi connectivity index (χ1) is 7.77. The molecule has 0 aromatic rings. The summed E-state index contributed by atoms with van der Waals surface area (Å²) in [6, 6.07) is 0.479. The molecule has 16 heavy (non-hydrogen) atoms. The maximum Gasteiger partial charge on any atom is 0.0635 e. The van der Waals surface area contributed by atoms with E-state index in [0.29, 0.717) is 6.04 Å². The summed E-state index contributed by atoms with van der Waals surface area (Å²) in [6.45, 7) is 9.94. The van der Waals surface area contributed by atoms with Crippen LogP contribution in [0.1, 0.15) is 20.3 Å². The largest absolute Gasteiger partial charge is 0.378 e. The Morgan fingerprint density at radius 2 is 2.44 bits per heavy atom. The first-order valence-electron chi connectivity index (χ1n) is 6.06. The average molecular weight is 247 g/mol. The topological polar surface area (TPSA) is 24.5 Å². The van der Waals surface area contributed by atoms with E-state index in [1.54, 1.807) is 5.54 Å². The molecule has 94 valence electrons. The Kier molecular flexibility index (Phi) is 7.05. The minimum Gasteiger partial charge on any atom is -0.378 e. The van der Waals surface area contributed by atoms with Crippen LogP contribution < -0.4 is 5.32 Å². The van der Waals surface area contributed by atoms with Gasteiger partial charge in [-0.15, -0.1) is 0 Å². The standard InChI is InChI=1S/C12H23ClN2O/c1-3-4-14-8-12-10-16-6-5-15(12)9-11(2)7-13/h7,12,14H,3-6,8-10H2,1-2H3. The minimum atomic E-state index is 0.479. The molecule has 0 bridgehead atoms. The maximum absolute atomic E-state index is 5.71. The Bertz CT molecular complexity index is 221. The van der Waals surface area contributed by atoms with Crippen molar-refractivity contribution in [2.24, 2.45) is 0 Å². The number of ether oxygens (including phenoxy) is 1.